The molecule has 0 saturated carbocycles. The SMILES string of the molecule is CSCCC(NS(=O)(=O)c1ccc2c(c1)OCCO2)C(=O)NCc1ccccc1F. The molecule has 0 saturated heterocycles. The molecule has 1 aliphatic heterocycles. The van der Waals surface area contributed by atoms with E-state index < -0.39 is 27.8 Å². The van der Waals surface area contributed by atoms with Crippen LogP contribution in [0.15, 0.2) is 47.4 Å². The number of hydrogen-bond donors (Lipinski definition) is 2. The molecular weight excluding hydrogens is 431 g/mol. The average molecular weight is 455 g/mol. The van der Waals surface area contributed by atoms with E-state index in [-0.39, 0.29) is 17.9 Å². The lowest BCUT2D eigenvalue weighted by Gasteiger charge is -2.21. The lowest BCUT2D eigenvalue weighted by molar-refractivity contribution is -0.122. The minimum absolute atomic E-state index is 0.0252. The molecule has 7 nitrogen and oxygen atoms in total. The number of carbonyl (C=O) groups excluding carboxylic acids is 1. The molecule has 0 spiro atoms. The predicted molar refractivity (Wildman–Crippen MR) is 113 cm³/mol. The van der Waals surface area contributed by atoms with E-state index in [2.05, 4.69) is 10.0 Å². The first-order valence-corrected chi connectivity index (χ1v) is 12.2. The Morgan fingerprint density at radius 3 is 2.63 bits per heavy atom. The topological polar surface area (TPSA) is 93.7 Å². The standard InChI is InChI=1S/C20H23FN2O5S2/c1-29-11-8-17(20(24)22-13-14-4-2-3-5-16(14)21)23-30(25,26)15-6-7-18-19(12-15)28-10-9-27-18/h2-7,12,17,23H,8-11,13H2,1H3,(H,22,24). The van der Waals surface area contributed by atoms with Gasteiger partial charge in [-0.15, -0.1) is 0 Å². The number of rotatable bonds is 9. The number of nitrogens with one attached hydrogen (secondary N) is 2. The Morgan fingerprint density at radius 1 is 1.17 bits per heavy atom. The number of fused-ring (bicyclic) bond motifs is 1. The molecule has 2 N–H and O–H groups in total. The molecule has 0 radical (unpaired) electrons. The highest BCUT2D eigenvalue weighted by Crippen LogP contribution is 2.32. The number of hydrogen-bond acceptors (Lipinski definition) is 6. The quantitative estimate of drug-likeness (QED) is 0.604. The van der Waals surface area contributed by atoms with Gasteiger partial charge in [-0.25, -0.2) is 12.8 Å². The van der Waals surface area contributed by atoms with Gasteiger partial charge < -0.3 is 14.8 Å². The molecule has 1 heterocycles. The molecule has 3 rings (SSSR count). The monoisotopic (exact) mass is 454 g/mol. The lowest BCUT2D eigenvalue weighted by Crippen LogP contribution is -2.46. The Hall–Kier alpha value is -2.30. The number of halogens is 1. The molecule has 30 heavy (non-hydrogen) atoms. The van der Waals surface area contributed by atoms with Crippen LogP contribution in [0, 0.1) is 5.82 Å². The molecule has 2 aromatic carbocycles. The summed E-state index contributed by atoms with van der Waals surface area (Å²) in [5.74, 6) is 0.431. The predicted octanol–water partition coefficient (Wildman–Crippen LogP) is 2.31. The summed E-state index contributed by atoms with van der Waals surface area (Å²) in [4.78, 5) is 12.6. The normalized spacial score (nSPS) is 14.2. The van der Waals surface area contributed by atoms with Gasteiger partial charge in [0.25, 0.3) is 0 Å². The molecule has 1 unspecified atom stereocenters. The van der Waals surface area contributed by atoms with Crippen LogP contribution in [0.2, 0.25) is 0 Å². The molecule has 162 valence electrons. The van der Waals surface area contributed by atoms with Crippen molar-refractivity contribution in [1.29, 1.82) is 0 Å². The third kappa shape index (κ3) is 5.65. The van der Waals surface area contributed by atoms with Crippen molar-refractivity contribution in [3.8, 4) is 11.5 Å². The third-order valence-electron chi connectivity index (χ3n) is 4.46. The van der Waals surface area contributed by atoms with Gasteiger partial charge in [-0.05, 0) is 36.6 Å². The van der Waals surface area contributed by atoms with E-state index >= 15 is 0 Å². The van der Waals surface area contributed by atoms with Gasteiger partial charge in [0, 0.05) is 18.2 Å². The van der Waals surface area contributed by atoms with Gasteiger partial charge in [-0.1, -0.05) is 18.2 Å². The van der Waals surface area contributed by atoms with Crippen LogP contribution in [0.5, 0.6) is 11.5 Å². The van der Waals surface area contributed by atoms with Crippen molar-refractivity contribution in [3.63, 3.8) is 0 Å². The summed E-state index contributed by atoms with van der Waals surface area (Å²) in [5.41, 5.74) is 0.323. The highest BCUT2D eigenvalue weighted by Gasteiger charge is 2.27. The van der Waals surface area contributed by atoms with Crippen LogP contribution >= 0.6 is 11.8 Å². The molecular formula is C20H23FN2O5S2. The zero-order valence-corrected chi connectivity index (χ0v) is 18.0. The van der Waals surface area contributed by atoms with Gasteiger partial charge in [0.15, 0.2) is 11.5 Å². The summed E-state index contributed by atoms with van der Waals surface area (Å²) in [5, 5.41) is 2.61. The summed E-state index contributed by atoms with van der Waals surface area (Å²) in [6, 6.07) is 9.39. The zero-order valence-electron chi connectivity index (χ0n) is 16.4. The molecule has 0 aromatic heterocycles. The van der Waals surface area contributed by atoms with Crippen LogP contribution in [-0.4, -0.2) is 45.6 Å². The van der Waals surface area contributed by atoms with Crippen molar-refractivity contribution in [2.75, 3.05) is 25.2 Å². The molecule has 0 bridgehead atoms. The third-order valence-corrected chi connectivity index (χ3v) is 6.57. The number of sulfonamides is 1. The van der Waals surface area contributed by atoms with Crippen LogP contribution in [0.4, 0.5) is 4.39 Å². The van der Waals surface area contributed by atoms with Gasteiger partial charge in [-0.2, -0.15) is 16.5 Å². The first-order valence-electron chi connectivity index (χ1n) is 9.33. The summed E-state index contributed by atoms with van der Waals surface area (Å²) < 4.78 is 52.8. The van der Waals surface area contributed by atoms with Crippen LogP contribution in [0.1, 0.15) is 12.0 Å². The Balaban J connectivity index is 1.72. The maximum Gasteiger partial charge on any atom is 0.241 e. The van der Waals surface area contributed by atoms with Gasteiger partial charge in [0.05, 0.1) is 4.90 Å². The number of carbonyl (C=O) groups is 1. The summed E-state index contributed by atoms with van der Waals surface area (Å²) in [6.07, 6.45) is 2.15. The Kier molecular flexibility index (Phi) is 7.57. The Bertz CT molecular complexity index is 1000. The number of ether oxygens (including phenoxy) is 2. The van der Waals surface area contributed by atoms with Crippen LogP contribution in [0.25, 0.3) is 0 Å². The van der Waals surface area contributed by atoms with E-state index in [1.165, 1.54) is 36.0 Å². The second kappa shape index (κ2) is 10.1. The first kappa shape index (κ1) is 22.4. The highest BCUT2D eigenvalue weighted by atomic mass is 32.2. The van der Waals surface area contributed by atoms with E-state index in [0.29, 0.717) is 36.0 Å². The zero-order chi connectivity index (χ0) is 21.6. The van der Waals surface area contributed by atoms with Gasteiger partial charge in [-0.3, -0.25) is 4.79 Å². The number of amides is 1. The molecule has 1 amide bonds. The Morgan fingerprint density at radius 2 is 1.90 bits per heavy atom. The van der Waals surface area contributed by atoms with E-state index in [1.54, 1.807) is 18.2 Å². The second-order valence-electron chi connectivity index (χ2n) is 6.57. The molecule has 2 aromatic rings. The maximum absolute atomic E-state index is 13.8. The van der Waals surface area contributed by atoms with Crippen LogP contribution in [-0.2, 0) is 21.4 Å². The van der Waals surface area contributed by atoms with Gasteiger partial charge in [0.2, 0.25) is 15.9 Å². The van der Waals surface area contributed by atoms with Gasteiger partial charge in [0.1, 0.15) is 25.1 Å². The number of thioether (sulfide) groups is 1. The minimum Gasteiger partial charge on any atom is -0.486 e. The summed E-state index contributed by atoms with van der Waals surface area (Å²) in [6.45, 7) is 0.696. The minimum atomic E-state index is -3.99. The van der Waals surface area contributed by atoms with E-state index in [1.807, 2.05) is 6.26 Å². The van der Waals surface area contributed by atoms with E-state index in [9.17, 15) is 17.6 Å². The van der Waals surface area contributed by atoms with Crippen molar-refractivity contribution >= 4 is 27.7 Å². The molecule has 1 aliphatic rings. The lowest BCUT2D eigenvalue weighted by atomic mass is 10.2. The summed E-state index contributed by atoms with van der Waals surface area (Å²) >= 11 is 1.49. The average Bonchev–Trinajstić information content (AvgIpc) is 2.75. The van der Waals surface area contributed by atoms with Crippen molar-refractivity contribution in [2.45, 2.75) is 23.9 Å². The van der Waals surface area contributed by atoms with Crippen molar-refractivity contribution in [2.24, 2.45) is 0 Å². The molecule has 0 aliphatic carbocycles. The fourth-order valence-electron chi connectivity index (χ4n) is 2.87. The molecule has 0 fully saturated rings. The first-order chi connectivity index (χ1) is 14.4. The molecule has 1 atom stereocenters. The van der Waals surface area contributed by atoms with Crippen molar-refractivity contribution < 1.29 is 27.1 Å². The Labute approximate surface area is 179 Å². The maximum atomic E-state index is 13.8. The van der Waals surface area contributed by atoms with Crippen LogP contribution in [0.3, 0.4) is 0 Å². The molecule has 10 heteroatoms. The van der Waals surface area contributed by atoms with Crippen molar-refractivity contribution in [1.82, 2.24) is 10.0 Å². The van der Waals surface area contributed by atoms with Crippen molar-refractivity contribution in [3.05, 3.63) is 53.8 Å². The van der Waals surface area contributed by atoms with Gasteiger partial charge >= 0.3 is 0 Å². The number of benzene rings is 2. The highest BCUT2D eigenvalue weighted by molar-refractivity contribution is 7.98. The van der Waals surface area contributed by atoms with Crippen LogP contribution < -0.4 is 19.5 Å². The summed E-state index contributed by atoms with van der Waals surface area (Å²) in [7, 11) is -3.99. The largest absolute Gasteiger partial charge is 0.486 e. The van der Waals surface area contributed by atoms with E-state index in [0.717, 1.165) is 0 Å². The smallest absolute Gasteiger partial charge is 0.241 e. The fourth-order valence-corrected chi connectivity index (χ4v) is 4.59. The fraction of sp³-hybridized carbons (Fsp3) is 0.350. The van der Waals surface area contributed by atoms with E-state index in [4.69, 9.17) is 9.47 Å². The second-order valence-corrected chi connectivity index (χ2v) is 9.27.